The Morgan fingerprint density at radius 2 is 2.07 bits per heavy atom. The minimum absolute atomic E-state index is 0.166. The van der Waals surface area contributed by atoms with Crippen LogP contribution in [0.5, 0.6) is 0 Å². The molecule has 84 valence electrons. The Morgan fingerprint density at radius 3 is 2.47 bits per heavy atom. The molecular formula is C8H10F3N3O. The van der Waals surface area contributed by atoms with Gasteiger partial charge in [0.1, 0.15) is 6.54 Å². The van der Waals surface area contributed by atoms with Gasteiger partial charge in [-0.25, -0.2) is 0 Å². The molecule has 4 nitrogen and oxygen atoms in total. The number of aromatic nitrogens is 2. The van der Waals surface area contributed by atoms with Gasteiger partial charge in [0.2, 0.25) is 0 Å². The Morgan fingerprint density at radius 1 is 1.47 bits per heavy atom. The van der Waals surface area contributed by atoms with Crippen LogP contribution in [0.15, 0.2) is 0 Å². The maximum atomic E-state index is 11.8. The first-order valence-corrected chi connectivity index (χ1v) is 4.18. The van der Waals surface area contributed by atoms with E-state index in [1.807, 2.05) is 0 Å². The van der Waals surface area contributed by atoms with Crippen molar-refractivity contribution in [1.29, 1.82) is 0 Å². The third-order valence-electron chi connectivity index (χ3n) is 1.80. The SMILES string of the molecule is Cc1n[nH]c(C)c1C(=O)NCC(F)(F)F. The standard InChI is InChI=1S/C8H10F3N3O/c1-4-6(5(2)14-13-4)7(15)12-3-8(9,10)11/h3H2,1-2H3,(H,12,15)(H,13,14). The van der Waals surface area contributed by atoms with Crippen LogP contribution in [0.2, 0.25) is 0 Å². The second-order valence-corrected chi connectivity index (χ2v) is 3.11. The number of hydrogen-bond donors (Lipinski definition) is 2. The van der Waals surface area contributed by atoms with Gasteiger partial charge in [-0.05, 0) is 13.8 Å². The second-order valence-electron chi connectivity index (χ2n) is 3.11. The molecule has 0 fully saturated rings. The van der Waals surface area contributed by atoms with Crippen LogP contribution in [0, 0.1) is 13.8 Å². The molecule has 0 aromatic carbocycles. The van der Waals surface area contributed by atoms with E-state index in [2.05, 4.69) is 10.2 Å². The van der Waals surface area contributed by atoms with E-state index in [9.17, 15) is 18.0 Å². The van der Waals surface area contributed by atoms with E-state index in [0.29, 0.717) is 11.4 Å². The molecule has 0 radical (unpaired) electrons. The van der Waals surface area contributed by atoms with Crippen molar-refractivity contribution < 1.29 is 18.0 Å². The van der Waals surface area contributed by atoms with Crippen molar-refractivity contribution in [2.75, 3.05) is 6.54 Å². The molecule has 0 saturated heterocycles. The van der Waals surface area contributed by atoms with Crippen molar-refractivity contribution >= 4 is 5.91 Å². The molecule has 0 aliphatic carbocycles. The summed E-state index contributed by atoms with van der Waals surface area (Å²) in [5.74, 6) is -0.768. The lowest BCUT2D eigenvalue weighted by Crippen LogP contribution is -2.34. The van der Waals surface area contributed by atoms with Crippen LogP contribution in [-0.4, -0.2) is 28.8 Å². The molecule has 0 spiro atoms. The molecule has 1 aromatic heterocycles. The Kier molecular flexibility index (Phi) is 3.01. The summed E-state index contributed by atoms with van der Waals surface area (Å²) in [6.45, 7) is 1.78. The summed E-state index contributed by atoms with van der Waals surface area (Å²) >= 11 is 0. The molecule has 1 heterocycles. The average molecular weight is 221 g/mol. The lowest BCUT2D eigenvalue weighted by molar-refractivity contribution is -0.123. The highest BCUT2D eigenvalue weighted by molar-refractivity contribution is 5.96. The average Bonchev–Trinajstić information content (AvgIpc) is 2.41. The first-order chi connectivity index (χ1) is 6.81. The van der Waals surface area contributed by atoms with Crippen LogP contribution >= 0.6 is 0 Å². The van der Waals surface area contributed by atoms with E-state index >= 15 is 0 Å². The minimum Gasteiger partial charge on any atom is -0.343 e. The molecule has 0 saturated carbocycles. The van der Waals surface area contributed by atoms with Crippen LogP contribution in [0.25, 0.3) is 0 Å². The van der Waals surface area contributed by atoms with Gasteiger partial charge in [-0.2, -0.15) is 18.3 Å². The summed E-state index contributed by atoms with van der Waals surface area (Å²) in [4.78, 5) is 11.3. The molecule has 1 amide bonds. The maximum absolute atomic E-state index is 11.8. The van der Waals surface area contributed by atoms with Crippen LogP contribution < -0.4 is 5.32 Å². The number of carbonyl (C=O) groups excluding carboxylic acids is 1. The minimum atomic E-state index is -4.40. The molecule has 0 atom stereocenters. The first-order valence-electron chi connectivity index (χ1n) is 4.18. The quantitative estimate of drug-likeness (QED) is 0.791. The number of rotatable bonds is 2. The van der Waals surface area contributed by atoms with Gasteiger partial charge in [0, 0.05) is 5.69 Å². The van der Waals surface area contributed by atoms with E-state index in [1.54, 1.807) is 19.2 Å². The number of nitrogens with zero attached hydrogens (tertiary/aromatic N) is 1. The molecule has 0 bridgehead atoms. The highest BCUT2D eigenvalue weighted by atomic mass is 19.4. The number of carbonyl (C=O) groups is 1. The van der Waals surface area contributed by atoms with Crippen molar-refractivity contribution in [1.82, 2.24) is 15.5 Å². The monoisotopic (exact) mass is 221 g/mol. The molecule has 0 aliphatic rings. The van der Waals surface area contributed by atoms with Crippen LogP contribution in [-0.2, 0) is 0 Å². The van der Waals surface area contributed by atoms with Gasteiger partial charge in [-0.15, -0.1) is 0 Å². The number of amides is 1. The Bertz CT molecular complexity index is 350. The second kappa shape index (κ2) is 3.92. The van der Waals surface area contributed by atoms with Crippen molar-refractivity contribution in [3.05, 3.63) is 17.0 Å². The van der Waals surface area contributed by atoms with Gasteiger partial charge < -0.3 is 5.32 Å². The summed E-state index contributed by atoms with van der Waals surface area (Å²) in [5, 5.41) is 8.02. The largest absolute Gasteiger partial charge is 0.405 e. The van der Waals surface area contributed by atoms with Gasteiger partial charge in [-0.1, -0.05) is 0 Å². The van der Waals surface area contributed by atoms with E-state index in [0.717, 1.165) is 0 Å². The number of halogens is 3. The summed E-state index contributed by atoms with van der Waals surface area (Å²) < 4.78 is 35.5. The topological polar surface area (TPSA) is 57.8 Å². The number of H-pyrrole nitrogens is 1. The Labute approximate surface area is 83.9 Å². The predicted octanol–water partition coefficient (Wildman–Crippen LogP) is 1.32. The van der Waals surface area contributed by atoms with Gasteiger partial charge in [-0.3, -0.25) is 9.89 Å². The first kappa shape index (κ1) is 11.5. The lowest BCUT2D eigenvalue weighted by atomic mass is 10.2. The van der Waals surface area contributed by atoms with Gasteiger partial charge in [0.15, 0.2) is 0 Å². The van der Waals surface area contributed by atoms with Gasteiger partial charge in [0.25, 0.3) is 5.91 Å². The van der Waals surface area contributed by atoms with Crippen molar-refractivity contribution in [2.24, 2.45) is 0 Å². The smallest absolute Gasteiger partial charge is 0.343 e. The third-order valence-corrected chi connectivity index (χ3v) is 1.80. The molecule has 0 unspecified atom stereocenters. The fraction of sp³-hybridized carbons (Fsp3) is 0.500. The molecule has 0 aliphatic heterocycles. The summed E-state index contributed by atoms with van der Waals surface area (Å²) in [7, 11) is 0. The summed E-state index contributed by atoms with van der Waals surface area (Å²) in [6, 6.07) is 0. The summed E-state index contributed by atoms with van der Waals surface area (Å²) in [6.07, 6.45) is -4.40. The Balaban J connectivity index is 2.70. The number of aromatic amines is 1. The lowest BCUT2D eigenvalue weighted by Gasteiger charge is -2.08. The van der Waals surface area contributed by atoms with Gasteiger partial charge in [0.05, 0.1) is 11.3 Å². The molecule has 1 aromatic rings. The van der Waals surface area contributed by atoms with Crippen molar-refractivity contribution in [3.8, 4) is 0 Å². The van der Waals surface area contributed by atoms with Crippen LogP contribution in [0.3, 0.4) is 0 Å². The van der Waals surface area contributed by atoms with E-state index in [4.69, 9.17) is 0 Å². The predicted molar refractivity (Wildman–Crippen MR) is 46.4 cm³/mol. The summed E-state index contributed by atoms with van der Waals surface area (Å²) in [5.41, 5.74) is 0.999. The molecule has 15 heavy (non-hydrogen) atoms. The van der Waals surface area contributed by atoms with Crippen molar-refractivity contribution in [3.63, 3.8) is 0 Å². The molecule has 7 heteroatoms. The zero-order valence-corrected chi connectivity index (χ0v) is 8.20. The zero-order valence-electron chi connectivity index (χ0n) is 8.20. The maximum Gasteiger partial charge on any atom is 0.405 e. The highest BCUT2D eigenvalue weighted by Gasteiger charge is 2.28. The number of hydrogen-bond acceptors (Lipinski definition) is 2. The van der Waals surface area contributed by atoms with E-state index < -0.39 is 18.6 Å². The third kappa shape index (κ3) is 2.97. The highest BCUT2D eigenvalue weighted by Crippen LogP contribution is 2.14. The molecular weight excluding hydrogens is 211 g/mol. The normalized spacial score (nSPS) is 11.5. The molecule has 1 rings (SSSR count). The number of alkyl halides is 3. The van der Waals surface area contributed by atoms with Crippen LogP contribution in [0.1, 0.15) is 21.7 Å². The number of aryl methyl sites for hydroxylation is 2. The fourth-order valence-electron chi connectivity index (χ4n) is 1.15. The van der Waals surface area contributed by atoms with Crippen LogP contribution in [0.4, 0.5) is 13.2 Å². The van der Waals surface area contributed by atoms with E-state index in [-0.39, 0.29) is 5.56 Å². The van der Waals surface area contributed by atoms with Gasteiger partial charge >= 0.3 is 6.18 Å². The van der Waals surface area contributed by atoms with Crippen molar-refractivity contribution in [2.45, 2.75) is 20.0 Å². The fourth-order valence-corrected chi connectivity index (χ4v) is 1.15. The molecule has 2 N–H and O–H groups in total. The number of nitrogens with one attached hydrogen (secondary N) is 2. The van der Waals surface area contributed by atoms with E-state index in [1.165, 1.54) is 0 Å². The zero-order chi connectivity index (χ0) is 11.6. The Hall–Kier alpha value is -1.53.